The number of halogens is 1. The summed E-state index contributed by atoms with van der Waals surface area (Å²) in [5.74, 6) is 0.176. The van der Waals surface area contributed by atoms with Crippen LogP contribution in [0.1, 0.15) is 31.9 Å². The van der Waals surface area contributed by atoms with E-state index in [1.165, 1.54) is 0 Å². The lowest BCUT2D eigenvalue weighted by atomic mass is 9.86. The van der Waals surface area contributed by atoms with Crippen LogP contribution in [0.3, 0.4) is 0 Å². The van der Waals surface area contributed by atoms with E-state index in [4.69, 9.17) is 16.9 Å². The first-order chi connectivity index (χ1) is 8.38. The van der Waals surface area contributed by atoms with Gasteiger partial charge in [-0.25, -0.2) is 0 Å². The number of rotatable bonds is 4. The standard InChI is InChI=1S/C14H19ClN2O/c1-14(2,3)11-4-5-13(10(6-11)8-16)17-9-12(18)7-15/h4-6,12,17-18H,7,9H2,1-3H3. The van der Waals surface area contributed by atoms with Gasteiger partial charge in [-0.15, -0.1) is 11.6 Å². The number of aliphatic hydroxyl groups excluding tert-OH is 1. The van der Waals surface area contributed by atoms with Gasteiger partial charge in [0.05, 0.1) is 23.2 Å². The van der Waals surface area contributed by atoms with E-state index in [2.05, 4.69) is 32.2 Å². The molecule has 1 unspecified atom stereocenters. The van der Waals surface area contributed by atoms with Crippen LogP contribution in [0.5, 0.6) is 0 Å². The van der Waals surface area contributed by atoms with Gasteiger partial charge in [-0.3, -0.25) is 0 Å². The summed E-state index contributed by atoms with van der Waals surface area (Å²) in [4.78, 5) is 0. The first-order valence-electron chi connectivity index (χ1n) is 5.91. The number of hydrogen-bond donors (Lipinski definition) is 2. The van der Waals surface area contributed by atoms with Crippen molar-refractivity contribution in [2.75, 3.05) is 17.7 Å². The molecule has 1 rings (SSSR count). The third-order valence-corrected chi connectivity index (χ3v) is 3.07. The number of benzene rings is 1. The van der Waals surface area contributed by atoms with Gasteiger partial charge in [0.1, 0.15) is 6.07 Å². The van der Waals surface area contributed by atoms with Gasteiger partial charge in [0.15, 0.2) is 0 Å². The molecule has 0 saturated carbocycles. The van der Waals surface area contributed by atoms with E-state index in [9.17, 15) is 5.11 Å². The molecule has 3 nitrogen and oxygen atoms in total. The minimum absolute atomic E-state index is 0.0137. The molecule has 0 aliphatic heterocycles. The van der Waals surface area contributed by atoms with Gasteiger partial charge in [0.2, 0.25) is 0 Å². The van der Waals surface area contributed by atoms with Crippen molar-refractivity contribution < 1.29 is 5.11 Å². The van der Waals surface area contributed by atoms with Crippen molar-refractivity contribution in [3.05, 3.63) is 29.3 Å². The highest BCUT2D eigenvalue weighted by Crippen LogP contribution is 2.26. The summed E-state index contributed by atoms with van der Waals surface area (Å²) >= 11 is 5.52. The van der Waals surface area contributed by atoms with Crippen LogP contribution in [0.15, 0.2) is 18.2 Å². The summed E-state index contributed by atoms with van der Waals surface area (Å²) in [5.41, 5.74) is 2.45. The second-order valence-electron chi connectivity index (χ2n) is 5.31. The van der Waals surface area contributed by atoms with E-state index in [1.54, 1.807) is 0 Å². The van der Waals surface area contributed by atoms with Gasteiger partial charge >= 0.3 is 0 Å². The molecule has 1 aromatic carbocycles. The summed E-state index contributed by atoms with van der Waals surface area (Å²) in [6, 6.07) is 7.93. The highest BCUT2D eigenvalue weighted by molar-refractivity contribution is 6.18. The molecule has 0 spiro atoms. The number of anilines is 1. The Morgan fingerprint density at radius 3 is 2.61 bits per heavy atom. The maximum atomic E-state index is 9.39. The Kier molecular flexibility index (Phi) is 5.01. The molecule has 0 aliphatic carbocycles. The van der Waals surface area contributed by atoms with E-state index < -0.39 is 6.10 Å². The number of nitrogens with zero attached hydrogens (tertiary/aromatic N) is 1. The van der Waals surface area contributed by atoms with Crippen molar-refractivity contribution in [1.82, 2.24) is 0 Å². The lowest BCUT2D eigenvalue weighted by Crippen LogP contribution is -2.21. The van der Waals surface area contributed by atoms with Gasteiger partial charge in [-0.1, -0.05) is 26.8 Å². The summed E-state index contributed by atoms with van der Waals surface area (Å²) in [5, 5.41) is 21.6. The second-order valence-corrected chi connectivity index (χ2v) is 5.62. The molecule has 0 radical (unpaired) electrons. The van der Waals surface area contributed by atoms with Crippen LogP contribution < -0.4 is 5.32 Å². The van der Waals surface area contributed by atoms with Crippen LogP contribution in [0, 0.1) is 11.3 Å². The maximum absolute atomic E-state index is 9.39. The first-order valence-corrected chi connectivity index (χ1v) is 6.44. The highest BCUT2D eigenvalue weighted by atomic mass is 35.5. The zero-order valence-corrected chi connectivity index (χ0v) is 11.8. The van der Waals surface area contributed by atoms with E-state index in [0.717, 1.165) is 11.3 Å². The zero-order chi connectivity index (χ0) is 13.8. The highest BCUT2D eigenvalue weighted by Gasteiger charge is 2.15. The van der Waals surface area contributed by atoms with Crippen LogP contribution in [-0.2, 0) is 5.41 Å². The van der Waals surface area contributed by atoms with Crippen LogP contribution in [-0.4, -0.2) is 23.6 Å². The average molecular weight is 267 g/mol. The summed E-state index contributed by atoms with van der Waals surface area (Å²) in [7, 11) is 0. The fourth-order valence-electron chi connectivity index (χ4n) is 1.54. The number of hydrogen-bond acceptors (Lipinski definition) is 3. The second kappa shape index (κ2) is 6.08. The molecule has 0 heterocycles. The molecular formula is C14H19ClN2O. The van der Waals surface area contributed by atoms with Gasteiger partial charge in [0, 0.05) is 6.54 Å². The molecule has 0 aromatic heterocycles. The first kappa shape index (κ1) is 14.8. The Labute approximate surface area is 113 Å². The molecule has 98 valence electrons. The van der Waals surface area contributed by atoms with Gasteiger partial charge < -0.3 is 10.4 Å². The predicted molar refractivity (Wildman–Crippen MR) is 75.1 cm³/mol. The zero-order valence-electron chi connectivity index (χ0n) is 11.0. The minimum Gasteiger partial charge on any atom is -0.390 e. The number of aliphatic hydroxyl groups is 1. The summed E-state index contributed by atoms with van der Waals surface area (Å²) in [6.45, 7) is 6.66. The third-order valence-electron chi connectivity index (χ3n) is 2.71. The largest absolute Gasteiger partial charge is 0.390 e. The quantitative estimate of drug-likeness (QED) is 0.824. The lowest BCUT2D eigenvalue weighted by molar-refractivity contribution is 0.211. The Morgan fingerprint density at radius 2 is 2.11 bits per heavy atom. The monoisotopic (exact) mass is 266 g/mol. The number of nitrogens with one attached hydrogen (secondary N) is 1. The maximum Gasteiger partial charge on any atom is 0.101 e. The number of alkyl halides is 1. The van der Waals surface area contributed by atoms with Crippen molar-refractivity contribution in [3.63, 3.8) is 0 Å². The van der Waals surface area contributed by atoms with Crippen molar-refractivity contribution in [1.29, 1.82) is 5.26 Å². The van der Waals surface area contributed by atoms with E-state index in [0.29, 0.717) is 12.1 Å². The van der Waals surface area contributed by atoms with Gasteiger partial charge in [0.25, 0.3) is 0 Å². The average Bonchev–Trinajstić information content (AvgIpc) is 2.34. The molecular weight excluding hydrogens is 248 g/mol. The van der Waals surface area contributed by atoms with E-state index in [1.807, 2.05) is 18.2 Å². The van der Waals surface area contributed by atoms with Crippen LogP contribution >= 0.6 is 11.6 Å². The fourth-order valence-corrected chi connectivity index (χ4v) is 1.65. The SMILES string of the molecule is CC(C)(C)c1ccc(NCC(O)CCl)c(C#N)c1. The Bertz CT molecular complexity index is 446. The Morgan fingerprint density at radius 1 is 1.44 bits per heavy atom. The van der Waals surface area contributed by atoms with E-state index in [-0.39, 0.29) is 11.3 Å². The smallest absolute Gasteiger partial charge is 0.101 e. The molecule has 2 N–H and O–H groups in total. The van der Waals surface area contributed by atoms with Gasteiger partial charge in [-0.2, -0.15) is 5.26 Å². The molecule has 1 atom stereocenters. The lowest BCUT2D eigenvalue weighted by Gasteiger charge is -2.20. The topological polar surface area (TPSA) is 56.0 Å². The normalized spacial score (nSPS) is 12.9. The molecule has 4 heteroatoms. The van der Waals surface area contributed by atoms with Crippen molar-refractivity contribution in [3.8, 4) is 6.07 Å². The summed E-state index contributed by atoms with van der Waals surface area (Å²) in [6.07, 6.45) is -0.611. The molecule has 0 aliphatic rings. The minimum atomic E-state index is -0.611. The third kappa shape index (κ3) is 3.90. The van der Waals surface area contributed by atoms with Crippen LogP contribution in [0.4, 0.5) is 5.69 Å². The predicted octanol–water partition coefficient (Wildman–Crippen LogP) is 2.87. The van der Waals surface area contributed by atoms with Crippen molar-refractivity contribution in [2.45, 2.75) is 32.3 Å². The number of nitriles is 1. The Balaban J connectivity index is 2.92. The molecule has 18 heavy (non-hydrogen) atoms. The van der Waals surface area contributed by atoms with Crippen LogP contribution in [0.2, 0.25) is 0 Å². The van der Waals surface area contributed by atoms with Gasteiger partial charge in [-0.05, 0) is 23.1 Å². The fraction of sp³-hybridized carbons (Fsp3) is 0.500. The van der Waals surface area contributed by atoms with Crippen molar-refractivity contribution in [2.24, 2.45) is 0 Å². The summed E-state index contributed by atoms with van der Waals surface area (Å²) < 4.78 is 0. The molecule has 0 fully saturated rings. The van der Waals surface area contributed by atoms with Crippen molar-refractivity contribution >= 4 is 17.3 Å². The molecule has 0 amide bonds. The van der Waals surface area contributed by atoms with Crippen LogP contribution in [0.25, 0.3) is 0 Å². The molecule has 0 saturated heterocycles. The molecule has 1 aromatic rings. The molecule has 0 bridgehead atoms. The Hall–Kier alpha value is -1.24. The van der Waals surface area contributed by atoms with E-state index >= 15 is 0 Å².